The molecular weight excluding hydrogens is 362 g/mol. The molecule has 0 aliphatic heterocycles. The number of aliphatic hydroxyl groups is 1. The smallest absolute Gasteiger partial charge is 0.208 e. The lowest BCUT2D eigenvalue weighted by molar-refractivity contribution is 0.108. The number of benzene rings is 2. The van der Waals surface area contributed by atoms with Gasteiger partial charge >= 0.3 is 0 Å². The van der Waals surface area contributed by atoms with Crippen LogP contribution in [0, 0.1) is 17.6 Å². The first-order valence-electron chi connectivity index (χ1n) is 10.3. The number of rotatable bonds is 7. The molecule has 1 fully saturated rings. The molecule has 0 spiro atoms. The summed E-state index contributed by atoms with van der Waals surface area (Å²) in [6, 6.07) is 6.57. The van der Waals surface area contributed by atoms with E-state index in [4.69, 9.17) is 9.15 Å². The van der Waals surface area contributed by atoms with Crippen molar-refractivity contribution < 1.29 is 23.0 Å². The van der Waals surface area contributed by atoms with Crippen LogP contribution in [0.5, 0.6) is 5.75 Å². The first-order chi connectivity index (χ1) is 13.6. The monoisotopic (exact) mass is 388 g/mol. The molecule has 1 unspecified atom stereocenters. The maximum Gasteiger partial charge on any atom is 0.208 e. The number of hydrogen-bond acceptors (Lipinski definition) is 3. The van der Waals surface area contributed by atoms with Crippen LogP contribution >= 0.6 is 0 Å². The molecule has 0 amide bonds. The third-order valence-electron chi connectivity index (χ3n) is 5.85. The molecule has 2 aromatic carbocycles. The van der Waals surface area contributed by atoms with Crippen molar-refractivity contribution >= 4 is 21.9 Å². The lowest BCUT2D eigenvalue weighted by Gasteiger charge is -2.18. The van der Waals surface area contributed by atoms with Crippen molar-refractivity contribution in [3.63, 3.8) is 0 Å². The Kier molecular flexibility index (Phi) is 5.54. The second-order valence-electron chi connectivity index (χ2n) is 7.75. The van der Waals surface area contributed by atoms with E-state index in [1.54, 1.807) is 24.3 Å². The van der Waals surface area contributed by atoms with Gasteiger partial charge in [-0.2, -0.15) is 4.39 Å². The molecule has 150 valence electrons. The second kappa shape index (κ2) is 8.08. The molecule has 0 bridgehead atoms. The molecule has 1 N–H and O–H groups in total. The summed E-state index contributed by atoms with van der Waals surface area (Å²) in [5.41, 5.74) is 0.218. The zero-order valence-corrected chi connectivity index (χ0v) is 16.1. The molecule has 4 rings (SSSR count). The van der Waals surface area contributed by atoms with E-state index in [0.29, 0.717) is 17.4 Å². The van der Waals surface area contributed by atoms with Gasteiger partial charge in [-0.15, -0.1) is 0 Å². The van der Waals surface area contributed by atoms with Gasteiger partial charge in [-0.3, -0.25) is 0 Å². The van der Waals surface area contributed by atoms with Crippen LogP contribution in [0.1, 0.15) is 63.5 Å². The highest BCUT2D eigenvalue weighted by atomic mass is 19.1. The summed E-state index contributed by atoms with van der Waals surface area (Å²) >= 11 is 0. The van der Waals surface area contributed by atoms with Gasteiger partial charge in [0.15, 0.2) is 22.7 Å². The fourth-order valence-corrected chi connectivity index (χ4v) is 4.24. The Bertz CT molecular complexity index is 973. The third kappa shape index (κ3) is 3.37. The largest absolute Gasteiger partial charge is 0.490 e. The maximum atomic E-state index is 15.1. The summed E-state index contributed by atoms with van der Waals surface area (Å²) in [7, 11) is 0. The van der Waals surface area contributed by atoms with Crippen LogP contribution in [-0.4, -0.2) is 11.7 Å². The first kappa shape index (κ1) is 19.2. The fraction of sp³-hybridized carbons (Fsp3) is 0.478. The number of hydrogen-bond donors (Lipinski definition) is 1. The highest BCUT2D eigenvalue weighted by molar-refractivity contribution is 6.05. The number of furan rings is 1. The van der Waals surface area contributed by atoms with E-state index < -0.39 is 17.7 Å². The molecule has 1 atom stereocenters. The van der Waals surface area contributed by atoms with E-state index >= 15 is 4.39 Å². The van der Waals surface area contributed by atoms with Gasteiger partial charge in [-0.05, 0) is 43.4 Å². The summed E-state index contributed by atoms with van der Waals surface area (Å²) in [4.78, 5) is 0. The average molecular weight is 388 g/mol. The van der Waals surface area contributed by atoms with Gasteiger partial charge in [0.1, 0.15) is 0 Å². The fourth-order valence-electron chi connectivity index (χ4n) is 4.24. The van der Waals surface area contributed by atoms with Gasteiger partial charge in [0.25, 0.3) is 0 Å². The molecule has 1 heterocycles. The Morgan fingerprint density at radius 1 is 1.04 bits per heavy atom. The Balaban J connectivity index is 1.70. The van der Waals surface area contributed by atoms with E-state index in [2.05, 4.69) is 6.92 Å². The Labute approximate surface area is 163 Å². The van der Waals surface area contributed by atoms with Gasteiger partial charge in [-0.1, -0.05) is 38.7 Å². The van der Waals surface area contributed by atoms with Gasteiger partial charge in [-0.25, -0.2) is 4.39 Å². The minimum Gasteiger partial charge on any atom is -0.490 e. The van der Waals surface area contributed by atoms with Crippen molar-refractivity contribution in [1.29, 1.82) is 0 Å². The molecular formula is C23H26F2O3. The highest BCUT2D eigenvalue weighted by Crippen LogP contribution is 2.41. The van der Waals surface area contributed by atoms with E-state index in [9.17, 15) is 9.50 Å². The Morgan fingerprint density at radius 2 is 1.71 bits per heavy atom. The summed E-state index contributed by atoms with van der Waals surface area (Å²) < 4.78 is 41.1. The number of unbranched alkanes of at least 4 members (excludes halogenated alkanes) is 2. The molecule has 5 heteroatoms. The normalized spacial score (nSPS) is 16.3. The predicted molar refractivity (Wildman–Crippen MR) is 106 cm³/mol. The van der Waals surface area contributed by atoms with Crippen molar-refractivity contribution in [2.75, 3.05) is 6.61 Å². The maximum absolute atomic E-state index is 15.1. The van der Waals surface area contributed by atoms with Crippen molar-refractivity contribution in [1.82, 2.24) is 0 Å². The lowest BCUT2D eigenvalue weighted by atomic mass is 9.93. The molecule has 1 aliphatic carbocycles. The minimum atomic E-state index is -0.859. The van der Waals surface area contributed by atoms with E-state index in [1.165, 1.54) is 0 Å². The first-order valence-corrected chi connectivity index (χ1v) is 10.3. The minimum absolute atomic E-state index is 0.00519. The van der Waals surface area contributed by atoms with Crippen molar-refractivity contribution in [3.8, 4) is 5.75 Å². The standard InChI is InChI=1S/C23H26F2O3/c1-2-3-6-13-27-18-12-11-16-15-9-10-17(21(26)14-7-4-5-8-14)19(24)22(15)28-23(16)20(18)25/h9-12,14,21,26H,2-8,13H2,1H3. The Morgan fingerprint density at radius 3 is 2.43 bits per heavy atom. The van der Waals surface area contributed by atoms with Gasteiger partial charge in [0.2, 0.25) is 5.82 Å². The molecule has 28 heavy (non-hydrogen) atoms. The predicted octanol–water partition coefficient (Wildman–Crippen LogP) is 6.66. The molecule has 1 aliphatic rings. The van der Waals surface area contributed by atoms with Crippen LogP contribution in [0.3, 0.4) is 0 Å². The highest BCUT2D eigenvalue weighted by Gasteiger charge is 2.28. The van der Waals surface area contributed by atoms with E-state index in [0.717, 1.165) is 44.9 Å². The molecule has 3 nitrogen and oxygen atoms in total. The van der Waals surface area contributed by atoms with Crippen LogP contribution in [0.25, 0.3) is 21.9 Å². The third-order valence-corrected chi connectivity index (χ3v) is 5.85. The van der Waals surface area contributed by atoms with Gasteiger partial charge in [0, 0.05) is 16.3 Å². The van der Waals surface area contributed by atoms with Crippen LogP contribution in [0.15, 0.2) is 28.7 Å². The average Bonchev–Trinajstić information content (AvgIpc) is 3.35. The number of ether oxygens (including phenoxy) is 1. The molecule has 1 aromatic heterocycles. The second-order valence-corrected chi connectivity index (χ2v) is 7.75. The van der Waals surface area contributed by atoms with Crippen molar-refractivity contribution in [2.24, 2.45) is 5.92 Å². The van der Waals surface area contributed by atoms with E-state index in [1.807, 2.05) is 0 Å². The summed E-state index contributed by atoms with van der Waals surface area (Å²) in [5, 5.41) is 11.6. The molecule has 3 aromatic rings. The van der Waals surface area contributed by atoms with Crippen LogP contribution in [0.4, 0.5) is 8.78 Å². The zero-order chi connectivity index (χ0) is 19.7. The Hall–Kier alpha value is -2.14. The van der Waals surface area contributed by atoms with Crippen LogP contribution in [0.2, 0.25) is 0 Å². The molecule has 1 saturated carbocycles. The molecule has 0 saturated heterocycles. The van der Waals surface area contributed by atoms with Crippen molar-refractivity contribution in [2.45, 2.75) is 58.0 Å². The zero-order valence-electron chi connectivity index (χ0n) is 16.1. The van der Waals surface area contributed by atoms with Gasteiger partial charge < -0.3 is 14.3 Å². The SMILES string of the molecule is CCCCCOc1ccc2c(oc3c(F)c(C(O)C4CCCC4)ccc32)c1F. The van der Waals surface area contributed by atoms with Crippen molar-refractivity contribution in [3.05, 3.63) is 41.5 Å². The van der Waals surface area contributed by atoms with E-state index in [-0.39, 0.29) is 28.4 Å². The number of aliphatic hydroxyl groups excluding tert-OH is 1. The summed E-state index contributed by atoms with van der Waals surface area (Å²) in [6.07, 6.45) is 5.98. The quantitative estimate of drug-likeness (QED) is 0.460. The van der Waals surface area contributed by atoms with Crippen LogP contribution < -0.4 is 4.74 Å². The van der Waals surface area contributed by atoms with Gasteiger partial charge in [0.05, 0.1) is 12.7 Å². The molecule has 0 radical (unpaired) electrons. The topological polar surface area (TPSA) is 42.6 Å². The van der Waals surface area contributed by atoms with Crippen LogP contribution in [-0.2, 0) is 0 Å². The summed E-state index contributed by atoms with van der Waals surface area (Å²) in [6.45, 7) is 2.52. The summed E-state index contributed by atoms with van der Waals surface area (Å²) in [5.74, 6) is -1.02. The number of halogens is 2. The number of fused-ring (bicyclic) bond motifs is 3. The lowest BCUT2D eigenvalue weighted by Crippen LogP contribution is -2.10.